The van der Waals surface area contributed by atoms with E-state index in [9.17, 15) is 24.3 Å². The Balaban J connectivity index is 0.00000684. The number of nitrogens with zero attached hydrogens (tertiary/aromatic N) is 1. The topological polar surface area (TPSA) is 125 Å². The number of aliphatic carboxylic acids is 1. The van der Waals surface area contributed by atoms with Crippen LogP contribution in [0.1, 0.15) is 71.8 Å². The van der Waals surface area contributed by atoms with Gasteiger partial charge >= 0.3 is 11.9 Å². The number of ether oxygens (including phenoxy) is 1. The standard InChI is InChI=1S/C27H41N3O6.2H2S/c1-6-27(14-7-8-15-30(5)17-27)20-10-9-11-21(16-20)36-23(32)13-12-22(28-19(4)31)25(33)29-24(18(2)3)26(34)35;;/h9-11,16,18,22,24H,6-8,12-15,17H2,1-5H3,(H,28,31)(H,29,33)(H,34,35);2*1H2/t22-,24-,27?;;/m0../s1. The normalized spacial score (nSPS) is 19.1. The van der Waals surface area contributed by atoms with Gasteiger partial charge < -0.3 is 25.4 Å². The number of carboxylic acid groups (broad SMARTS) is 1. The monoisotopic (exact) mass is 571 g/mol. The first-order valence-corrected chi connectivity index (χ1v) is 12.8. The third kappa shape index (κ3) is 10.5. The Morgan fingerprint density at radius 1 is 1.13 bits per heavy atom. The number of carbonyl (C=O) groups is 4. The minimum absolute atomic E-state index is 0. The van der Waals surface area contributed by atoms with Gasteiger partial charge in [0.1, 0.15) is 17.8 Å². The quantitative estimate of drug-likeness (QED) is 0.275. The maximum atomic E-state index is 12.7. The van der Waals surface area contributed by atoms with E-state index >= 15 is 0 Å². The molecular weight excluding hydrogens is 526 g/mol. The molecule has 1 fully saturated rings. The molecule has 0 bridgehead atoms. The number of amides is 2. The molecule has 1 aliphatic rings. The summed E-state index contributed by atoms with van der Waals surface area (Å²) in [7, 11) is 2.14. The molecule has 3 atom stereocenters. The van der Waals surface area contributed by atoms with Crippen LogP contribution in [0.2, 0.25) is 0 Å². The van der Waals surface area contributed by atoms with Crippen molar-refractivity contribution in [1.82, 2.24) is 15.5 Å². The van der Waals surface area contributed by atoms with Crippen LogP contribution in [0.4, 0.5) is 0 Å². The van der Waals surface area contributed by atoms with Crippen molar-refractivity contribution in [3.63, 3.8) is 0 Å². The smallest absolute Gasteiger partial charge is 0.326 e. The summed E-state index contributed by atoms with van der Waals surface area (Å²) >= 11 is 0. The Morgan fingerprint density at radius 3 is 2.39 bits per heavy atom. The molecule has 11 heteroatoms. The van der Waals surface area contributed by atoms with Crippen molar-refractivity contribution in [2.75, 3.05) is 20.1 Å². The summed E-state index contributed by atoms with van der Waals surface area (Å²) in [6, 6.07) is 5.50. The molecule has 0 aliphatic carbocycles. The number of rotatable bonds is 11. The molecule has 1 unspecified atom stereocenters. The van der Waals surface area contributed by atoms with Crippen molar-refractivity contribution >= 4 is 50.7 Å². The first-order chi connectivity index (χ1) is 17.0. The summed E-state index contributed by atoms with van der Waals surface area (Å²) in [4.78, 5) is 50.7. The van der Waals surface area contributed by atoms with E-state index in [4.69, 9.17) is 4.74 Å². The van der Waals surface area contributed by atoms with Gasteiger partial charge in [0.25, 0.3) is 0 Å². The molecule has 0 spiro atoms. The van der Waals surface area contributed by atoms with Crippen LogP contribution in [-0.4, -0.2) is 66.0 Å². The maximum Gasteiger partial charge on any atom is 0.326 e. The molecule has 38 heavy (non-hydrogen) atoms. The second-order valence-corrected chi connectivity index (χ2v) is 10.2. The lowest BCUT2D eigenvalue weighted by atomic mass is 9.74. The number of carbonyl (C=O) groups excluding carboxylic acids is 3. The van der Waals surface area contributed by atoms with Gasteiger partial charge in [-0.3, -0.25) is 14.4 Å². The summed E-state index contributed by atoms with van der Waals surface area (Å²) in [5.41, 5.74) is 1.15. The Morgan fingerprint density at radius 2 is 1.82 bits per heavy atom. The molecule has 1 saturated heterocycles. The minimum Gasteiger partial charge on any atom is -0.480 e. The molecule has 0 saturated carbocycles. The van der Waals surface area contributed by atoms with Crippen LogP contribution in [0.5, 0.6) is 5.75 Å². The highest BCUT2D eigenvalue weighted by Gasteiger charge is 2.33. The van der Waals surface area contributed by atoms with Crippen LogP contribution < -0.4 is 15.4 Å². The van der Waals surface area contributed by atoms with E-state index in [0.29, 0.717) is 5.75 Å². The van der Waals surface area contributed by atoms with Crippen molar-refractivity contribution in [1.29, 1.82) is 0 Å². The molecule has 9 nitrogen and oxygen atoms in total. The number of likely N-dealkylation sites (N-methyl/N-ethyl adjacent to an activating group) is 1. The largest absolute Gasteiger partial charge is 0.480 e. The minimum atomic E-state index is -1.16. The zero-order valence-electron chi connectivity index (χ0n) is 23.1. The lowest BCUT2D eigenvalue weighted by Crippen LogP contribution is -2.53. The highest BCUT2D eigenvalue weighted by molar-refractivity contribution is 7.59. The summed E-state index contributed by atoms with van der Waals surface area (Å²) in [5, 5.41) is 14.3. The van der Waals surface area contributed by atoms with E-state index in [1.807, 2.05) is 12.1 Å². The zero-order valence-corrected chi connectivity index (χ0v) is 25.1. The second-order valence-electron chi connectivity index (χ2n) is 10.2. The van der Waals surface area contributed by atoms with Crippen molar-refractivity contribution in [3.8, 4) is 5.75 Å². The molecular formula is C27H45N3O6S2. The van der Waals surface area contributed by atoms with E-state index in [2.05, 4.69) is 35.6 Å². The predicted octanol–water partition coefficient (Wildman–Crippen LogP) is 3.09. The summed E-state index contributed by atoms with van der Waals surface area (Å²) in [5.74, 6) is -2.69. The number of likely N-dealkylation sites (tertiary alicyclic amines) is 1. The number of hydrogen-bond acceptors (Lipinski definition) is 6. The fraction of sp³-hybridized carbons (Fsp3) is 0.630. The average Bonchev–Trinajstić information content (AvgIpc) is 3.01. The van der Waals surface area contributed by atoms with Crippen LogP contribution in [-0.2, 0) is 24.6 Å². The summed E-state index contributed by atoms with van der Waals surface area (Å²) in [6.45, 7) is 8.82. The highest BCUT2D eigenvalue weighted by atomic mass is 32.1. The van der Waals surface area contributed by atoms with Crippen molar-refractivity contribution in [2.24, 2.45) is 5.92 Å². The third-order valence-electron chi connectivity index (χ3n) is 6.93. The van der Waals surface area contributed by atoms with Gasteiger partial charge in [-0.05, 0) is 62.9 Å². The van der Waals surface area contributed by atoms with Gasteiger partial charge in [0.15, 0.2) is 0 Å². The van der Waals surface area contributed by atoms with Crippen molar-refractivity contribution in [3.05, 3.63) is 29.8 Å². The summed E-state index contributed by atoms with van der Waals surface area (Å²) in [6.07, 6.45) is 4.23. The van der Waals surface area contributed by atoms with Crippen molar-refractivity contribution in [2.45, 2.75) is 83.7 Å². The molecule has 3 N–H and O–H groups in total. The van der Waals surface area contributed by atoms with Gasteiger partial charge in [0.2, 0.25) is 11.8 Å². The highest BCUT2D eigenvalue weighted by Crippen LogP contribution is 2.37. The lowest BCUT2D eigenvalue weighted by molar-refractivity contribution is -0.143. The van der Waals surface area contributed by atoms with Gasteiger partial charge in [-0.15, -0.1) is 0 Å². The maximum absolute atomic E-state index is 12.7. The number of esters is 1. The molecule has 0 radical (unpaired) electrons. The Labute approximate surface area is 240 Å². The van der Waals surface area contributed by atoms with Gasteiger partial charge in [-0.2, -0.15) is 27.0 Å². The molecule has 1 heterocycles. The van der Waals surface area contributed by atoms with Crippen LogP contribution in [0.15, 0.2) is 24.3 Å². The van der Waals surface area contributed by atoms with Crippen LogP contribution in [0.25, 0.3) is 0 Å². The molecule has 0 aromatic heterocycles. The van der Waals surface area contributed by atoms with E-state index in [1.165, 1.54) is 13.3 Å². The van der Waals surface area contributed by atoms with Crippen molar-refractivity contribution < 1.29 is 29.0 Å². The van der Waals surface area contributed by atoms with Crippen LogP contribution in [0, 0.1) is 5.92 Å². The fourth-order valence-corrected chi connectivity index (χ4v) is 4.86. The van der Waals surface area contributed by atoms with E-state index in [0.717, 1.165) is 37.9 Å². The SMILES string of the molecule is CCC1(c2cccc(OC(=O)CC[C@H](NC(C)=O)C(=O)N[C@H](C(=O)O)C(C)C)c2)CCCCN(C)C1.S.S. The van der Waals surface area contributed by atoms with Crippen LogP contribution >= 0.6 is 27.0 Å². The molecule has 2 amide bonds. The van der Waals surface area contributed by atoms with E-state index in [1.54, 1.807) is 19.9 Å². The molecule has 1 aromatic carbocycles. The Kier molecular flexibility index (Phi) is 15.7. The van der Waals surface area contributed by atoms with E-state index in [-0.39, 0.29) is 51.2 Å². The molecule has 2 rings (SSSR count). The Bertz CT molecular complexity index is 945. The average molecular weight is 572 g/mol. The number of hydrogen-bond donors (Lipinski definition) is 3. The zero-order chi connectivity index (χ0) is 26.9. The van der Waals surface area contributed by atoms with E-state index < -0.39 is 35.8 Å². The van der Waals surface area contributed by atoms with Gasteiger partial charge in [-0.1, -0.05) is 39.3 Å². The second kappa shape index (κ2) is 16.7. The van der Waals surface area contributed by atoms with Gasteiger partial charge in [0.05, 0.1) is 0 Å². The van der Waals surface area contributed by atoms with Crippen LogP contribution in [0.3, 0.4) is 0 Å². The van der Waals surface area contributed by atoms with Gasteiger partial charge in [0, 0.05) is 25.3 Å². The third-order valence-corrected chi connectivity index (χ3v) is 6.93. The molecule has 1 aliphatic heterocycles. The lowest BCUT2D eigenvalue weighted by Gasteiger charge is -2.35. The number of benzene rings is 1. The predicted molar refractivity (Wildman–Crippen MR) is 157 cm³/mol. The Hall–Kier alpha value is -2.24. The fourth-order valence-electron chi connectivity index (χ4n) is 4.86. The molecule has 216 valence electrons. The summed E-state index contributed by atoms with van der Waals surface area (Å²) < 4.78 is 5.60. The number of nitrogens with one attached hydrogen (secondary N) is 2. The number of carboxylic acids is 1. The van der Waals surface area contributed by atoms with Gasteiger partial charge in [-0.25, -0.2) is 4.79 Å². The first kappa shape index (κ1) is 35.8. The molecule has 1 aromatic rings. The first-order valence-electron chi connectivity index (χ1n) is 12.8.